The van der Waals surface area contributed by atoms with E-state index in [0.717, 1.165) is 44.3 Å². The van der Waals surface area contributed by atoms with Crippen LogP contribution in [0.1, 0.15) is 31.7 Å². The maximum Gasteiger partial charge on any atom is 0.242 e. The topological polar surface area (TPSA) is 58.2 Å². The summed E-state index contributed by atoms with van der Waals surface area (Å²) in [4.78, 5) is 0.194. The van der Waals surface area contributed by atoms with Gasteiger partial charge < -0.3 is 5.32 Å². The van der Waals surface area contributed by atoms with Gasteiger partial charge in [-0.25, -0.2) is 13.1 Å². The van der Waals surface area contributed by atoms with E-state index >= 15 is 0 Å². The number of hydrogen-bond donors (Lipinski definition) is 2. The van der Waals surface area contributed by atoms with Crippen LogP contribution in [0.5, 0.6) is 0 Å². The fourth-order valence-corrected chi connectivity index (χ4v) is 4.23. The molecule has 0 amide bonds. The minimum absolute atomic E-state index is 0. The van der Waals surface area contributed by atoms with E-state index in [2.05, 4.69) is 17.0 Å². The molecule has 1 aliphatic rings. The summed E-state index contributed by atoms with van der Waals surface area (Å²) < 4.78 is 27.4. The summed E-state index contributed by atoms with van der Waals surface area (Å²) in [5, 5.41) is 3.57. The van der Waals surface area contributed by atoms with Crippen molar-refractivity contribution in [3.05, 3.63) is 28.8 Å². The normalized spacial score (nSPS) is 18.2. The van der Waals surface area contributed by atoms with Gasteiger partial charge in [0.15, 0.2) is 0 Å². The Bertz CT molecular complexity index is 573. The van der Waals surface area contributed by atoms with E-state index in [1.54, 1.807) is 12.1 Å². The third kappa shape index (κ3) is 5.39. The zero-order chi connectivity index (χ0) is 15.3. The van der Waals surface area contributed by atoms with Gasteiger partial charge in [-0.1, -0.05) is 31.0 Å². The van der Waals surface area contributed by atoms with Gasteiger partial charge in [-0.3, -0.25) is 0 Å². The molecule has 1 atom stereocenters. The minimum Gasteiger partial charge on any atom is -0.316 e. The van der Waals surface area contributed by atoms with Gasteiger partial charge in [-0.15, -0.1) is 12.4 Å². The Morgan fingerprint density at radius 2 is 2.18 bits per heavy atom. The van der Waals surface area contributed by atoms with Crippen molar-refractivity contribution in [1.82, 2.24) is 10.0 Å². The maximum atomic E-state index is 12.4. The third-order valence-corrected chi connectivity index (χ3v) is 5.77. The molecule has 0 saturated carbocycles. The number of sulfonamides is 1. The molecule has 0 aliphatic carbocycles. The number of halogens is 2. The molecule has 1 aliphatic heterocycles. The Labute approximate surface area is 144 Å². The molecule has 126 valence electrons. The average Bonchev–Trinajstić information content (AvgIpc) is 2.94. The van der Waals surface area contributed by atoms with E-state index in [9.17, 15) is 8.42 Å². The van der Waals surface area contributed by atoms with Crippen LogP contribution in [-0.4, -0.2) is 28.1 Å². The van der Waals surface area contributed by atoms with Crippen molar-refractivity contribution in [2.45, 2.75) is 37.5 Å². The summed E-state index contributed by atoms with van der Waals surface area (Å²) in [5.74, 6) is 0.564. The SMILES string of the molecule is CCCc1ccc(Cl)c(S(=O)(=O)NCCC2CCNC2)c1.Cl. The van der Waals surface area contributed by atoms with Crippen molar-refractivity contribution in [1.29, 1.82) is 0 Å². The molecule has 1 aromatic carbocycles. The molecule has 1 unspecified atom stereocenters. The molecule has 0 aromatic heterocycles. The fourth-order valence-electron chi connectivity index (χ4n) is 2.63. The highest BCUT2D eigenvalue weighted by Crippen LogP contribution is 2.23. The standard InChI is InChI=1S/C15H23ClN2O2S.ClH/c1-2-3-12-4-5-14(16)15(10-12)21(19,20)18-9-7-13-6-8-17-11-13;/h4-5,10,13,17-18H,2-3,6-9,11H2,1H3;1H. The van der Waals surface area contributed by atoms with Crippen molar-refractivity contribution in [3.63, 3.8) is 0 Å². The molecule has 1 aromatic rings. The highest BCUT2D eigenvalue weighted by atomic mass is 35.5. The molecule has 1 heterocycles. The predicted octanol–water partition coefficient (Wildman–Crippen LogP) is 2.99. The van der Waals surface area contributed by atoms with Crippen LogP contribution in [0.3, 0.4) is 0 Å². The number of aryl methyl sites for hydroxylation is 1. The van der Waals surface area contributed by atoms with Crippen molar-refractivity contribution in [2.24, 2.45) is 5.92 Å². The Morgan fingerprint density at radius 1 is 1.41 bits per heavy atom. The van der Waals surface area contributed by atoms with Crippen molar-refractivity contribution >= 4 is 34.0 Å². The van der Waals surface area contributed by atoms with E-state index in [1.165, 1.54) is 0 Å². The largest absolute Gasteiger partial charge is 0.316 e. The Balaban J connectivity index is 0.00000242. The first kappa shape index (κ1) is 19.7. The molecule has 1 fully saturated rings. The van der Waals surface area contributed by atoms with E-state index in [-0.39, 0.29) is 22.3 Å². The monoisotopic (exact) mass is 366 g/mol. The maximum absolute atomic E-state index is 12.4. The van der Waals surface area contributed by atoms with Crippen LogP contribution in [0.15, 0.2) is 23.1 Å². The zero-order valence-corrected chi connectivity index (χ0v) is 15.2. The second kappa shape index (κ2) is 9.08. The van der Waals surface area contributed by atoms with Crippen LogP contribution in [-0.2, 0) is 16.4 Å². The summed E-state index contributed by atoms with van der Waals surface area (Å²) in [7, 11) is -3.53. The molecule has 2 N–H and O–H groups in total. The Hall–Kier alpha value is -0.330. The Morgan fingerprint density at radius 3 is 2.82 bits per heavy atom. The molecule has 2 rings (SSSR count). The van der Waals surface area contributed by atoms with Crippen molar-refractivity contribution in [2.75, 3.05) is 19.6 Å². The number of benzene rings is 1. The van der Waals surface area contributed by atoms with Crippen LogP contribution < -0.4 is 10.0 Å². The fraction of sp³-hybridized carbons (Fsp3) is 0.600. The first-order valence-corrected chi connectivity index (χ1v) is 9.38. The highest BCUT2D eigenvalue weighted by molar-refractivity contribution is 7.89. The molecule has 22 heavy (non-hydrogen) atoms. The summed E-state index contributed by atoms with van der Waals surface area (Å²) in [5.41, 5.74) is 1.00. The number of nitrogens with one attached hydrogen (secondary N) is 2. The number of rotatable bonds is 7. The quantitative estimate of drug-likeness (QED) is 0.779. The first-order valence-electron chi connectivity index (χ1n) is 7.51. The molecular weight excluding hydrogens is 343 g/mol. The van der Waals surface area contributed by atoms with Crippen LogP contribution in [0, 0.1) is 5.92 Å². The molecule has 1 saturated heterocycles. The van der Waals surface area contributed by atoms with Crippen LogP contribution >= 0.6 is 24.0 Å². The van der Waals surface area contributed by atoms with Gasteiger partial charge in [-0.2, -0.15) is 0 Å². The lowest BCUT2D eigenvalue weighted by atomic mass is 10.1. The van der Waals surface area contributed by atoms with Gasteiger partial charge in [0.2, 0.25) is 10.0 Å². The van der Waals surface area contributed by atoms with Crippen LogP contribution in [0.4, 0.5) is 0 Å². The third-order valence-electron chi connectivity index (χ3n) is 3.83. The van der Waals surface area contributed by atoms with Gasteiger partial charge >= 0.3 is 0 Å². The molecule has 0 radical (unpaired) electrons. The lowest BCUT2D eigenvalue weighted by Gasteiger charge is -2.12. The first-order chi connectivity index (χ1) is 10.0. The summed E-state index contributed by atoms with van der Waals surface area (Å²) in [6.07, 6.45) is 3.81. The van der Waals surface area contributed by atoms with Gasteiger partial charge in [-0.05, 0) is 56.0 Å². The molecule has 0 bridgehead atoms. The smallest absolute Gasteiger partial charge is 0.242 e. The van der Waals surface area contributed by atoms with Crippen molar-refractivity contribution < 1.29 is 8.42 Å². The summed E-state index contributed by atoms with van der Waals surface area (Å²) >= 11 is 6.06. The van der Waals surface area contributed by atoms with E-state index < -0.39 is 10.0 Å². The van der Waals surface area contributed by atoms with Crippen molar-refractivity contribution in [3.8, 4) is 0 Å². The predicted molar refractivity (Wildman–Crippen MR) is 93.5 cm³/mol. The second-order valence-electron chi connectivity index (χ2n) is 5.56. The molecule has 0 spiro atoms. The van der Waals surface area contributed by atoms with E-state index in [4.69, 9.17) is 11.6 Å². The molecule has 4 nitrogen and oxygen atoms in total. The number of hydrogen-bond acceptors (Lipinski definition) is 3. The summed E-state index contributed by atoms with van der Waals surface area (Å²) in [6.45, 7) is 4.54. The van der Waals surface area contributed by atoms with Gasteiger partial charge in [0.1, 0.15) is 4.90 Å². The lowest BCUT2D eigenvalue weighted by molar-refractivity contribution is 0.519. The van der Waals surface area contributed by atoms with E-state index in [1.807, 2.05) is 6.07 Å². The highest BCUT2D eigenvalue weighted by Gasteiger charge is 2.20. The van der Waals surface area contributed by atoms with Gasteiger partial charge in [0, 0.05) is 6.54 Å². The van der Waals surface area contributed by atoms with Gasteiger partial charge in [0.05, 0.1) is 5.02 Å². The summed E-state index contributed by atoms with van der Waals surface area (Å²) in [6, 6.07) is 5.24. The van der Waals surface area contributed by atoms with Gasteiger partial charge in [0.25, 0.3) is 0 Å². The second-order valence-corrected chi connectivity index (χ2v) is 7.70. The molecular formula is C15H24Cl2N2O2S. The van der Waals surface area contributed by atoms with Crippen LogP contribution in [0.2, 0.25) is 5.02 Å². The average molecular weight is 367 g/mol. The lowest BCUT2D eigenvalue weighted by Crippen LogP contribution is -2.27. The zero-order valence-electron chi connectivity index (χ0n) is 12.8. The van der Waals surface area contributed by atoms with E-state index in [0.29, 0.717) is 12.5 Å². The van der Waals surface area contributed by atoms with Crippen LogP contribution in [0.25, 0.3) is 0 Å². The molecule has 7 heteroatoms. The minimum atomic E-state index is -3.53. The Kier molecular flexibility index (Phi) is 8.14.